The van der Waals surface area contributed by atoms with Gasteiger partial charge in [0.1, 0.15) is 0 Å². The molecule has 2 amide bonds. The van der Waals surface area contributed by atoms with Gasteiger partial charge in [-0.15, -0.1) is 11.6 Å². The maximum Gasteiger partial charge on any atom is 0.271 e. The molecule has 0 fully saturated rings. The van der Waals surface area contributed by atoms with E-state index in [4.69, 9.17) is 28.4 Å². The van der Waals surface area contributed by atoms with Gasteiger partial charge in [0, 0.05) is 0 Å². The Balaban J connectivity index is 2.72. The lowest BCUT2D eigenvalue weighted by molar-refractivity contribution is -0.132. The van der Waals surface area contributed by atoms with Crippen LogP contribution in [0.1, 0.15) is 0 Å². The molecule has 1 atom stereocenters. The van der Waals surface area contributed by atoms with Crippen LogP contribution < -0.4 is 10.8 Å². The van der Waals surface area contributed by atoms with Crippen LogP contribution in [0.15, 0.2) is 24.3 Å². The Morgan fingerprint density at radius 1 is 1.25 bits per heavy atom. The number of rotatable bonds is 3. The minimum atomic E-state index is -1.53. The fourth-order valence-corrected chi connectivity index (χ4v) is 1.22. The summed E-state index contributed by atoms with van der Waals surface area (Å²) in [7, 11) is 0. The highest BCUT2D eigenvalue weighted by molar-refractivity contribution is 6.43. The van der Waals surface area contributed by atoms with Gasteiger partial charge in [-0.25, -0.2) is 5.48 Å². The lowest BCUT2D eigenvalue weighted by Gasteiger charge is -2.09. The third-order valence-corrected chi connectivity index (χ3v) is 2.43. The maximum atomic E-state index is 11.4. The molecule has 0 aliphatic rings. The summed E-state index contributed by atoms with van der Waals surface area (Å²) >= 11 is 11.2. The van der Waals surface area contributed by atoms with Crippen molar-refractivity contribution in [3.63, 3.8) is 0 Å². The summed E-state index contributed by atoms with van der Waals surface area (Å²) in [4.78, 5) is 22.2. The van der Waals surface area contributed by atoms with E-state index in [0.29, 0.717) is 10.7 Å². The molecular formula is C9H8Cl2N2O3. The highest BCUT2D eigenvalue weighted by atomic mass is 35.5. The molecule has 0 bridgehead atoms. The first-order valence-corrected chi connectivity index (χ1v) is 5.01. The van der Waals surface area contributed by atoms with Gasteiger partial charge in [0.05, 0.1) is 10.7 Å². The number of para-hydroxylation sites is 1. The number of alkyl halides is 1. The Kier molecular flexibility index (Phi) is 4.54. The molecule has 0 saturated heterocycles. The Bertz CT molecular complexity index is 411. The van der Waals surface area contributed by atoms with Crippen LogP contribution in [-0.4, -0.2) is 22.4 Å². The van der Waals surface area contributed by atoms with E-state index in [0.717, 1.165) is 0 Å². The monoisotopic (exact) mass is 262 g/mol. The van der Waals surface area contributed by atoms with E-state index in [2.05, 4.69) is 5.32 Å². The van der Waals surface area contributed by atoms with Gasteiger partial charge in [-0.3, -0.25) is 14.8 Å². The van der Waals surface area contributed by atoms with E-state index in [1.54, 1.807) is 24.3 Å². The van der Waals surface area contributed by atoms with Gasteiger partial charge in [0.25, 0.3) is 11.8 Å². The number of anilines is 1. The zero-order valence-corrected chi connectivity index (χ0v) is 9.42. The molecule has 0 aliphatic carbocycles. The van der Waals surface area contributed by atoms with Crippen LogP contribution >= 0.6 is 23.2 Å². The number of hydrogen-bond donors (Lipinski definition) is 3. The Morgan fingerprint density at radius 2 is 1.88 bits per heavy atom. The number of halogens is 2. The average Bonchev–Trinajstić information content (AvgIpc) is 2.30. The minimum Gasteiger partial charge on any atom is -0.323 e. The predicted octanol–water partition coefficient (Wildman–Crippen LogP) is 1.39. The predicted molar refractivity (Wildman–Crippen MR) is 59.7 cm³/mol. The van der Waals surface area contributed by atoms with Crippen LogP contribution in [0, 0.1) is 0 Å². The van der Waals surface area contributed by atoms with Crippen LogP contribution in [0.3, 0.4) is 0 Å². The van der Waals surface area contributed by atoms with Crippen molar-refractivity contribution in [1.82, 2.24) is 5.48 Å². The molecule has 86 valence electrons. The average molecular weight is 263 g/mol. The van der Waals surface area contributed by atoms with Crippen molar-refractivity contribution in [1.29, 1.82) is 0 Å². The summed E-state index contributed by atoms with van der Waals surface area (Å²) in [5, 5.41) is 9.43. The topological polar surface area (TPSA) is 78.4 Å². The van der Waals surface area contributed by atoms with Crippen LogP contribution in [0.5, 0.6) is 0 Å². The highest BCUT2D eigenvalue weighted by Crippen LogP contribution is 2.20. The largest absolute Gasteiger partial charge is 0.323 e. The maximum absolute atomic E-state index is 11.4. The third-order valence-electron chi connectivity index (χ3n) is 1.70. The lowest BCUT2D eigenvalue weighted by atomic mass is 10.3. The van der Waals surface area contributed by atoms with Crippen molar-refractivity contribution in [2.45, 2.75) is 5.38 Å². The summed E-state index contributed by atoms with van der Waals surface area (Å²) in [6.07, 6.45) is 0. The van der Waals surface area contributed by atoms with Gasteiger partial charge in [0.2, 0.25) is 0 Å². The molecule has 0 aromatic heterocycles. The van der Waals surface area contributed by atoms with E-state index in [1.165, 1.54) is 5.48 Å². The first kappa shape index (κ1) is 12.8. The molecule has 1 aromatic rings. The van der Waals surface area contributed by atoms with Crippen molar-refractivity contribution >= 4 is 40.7 Å². The molecule has 1 unspecified atom stereocenters. The van der Waals surface area contributed by atoms with E-state index in [9.17, 15) is 9.59 Å². The molecule has 1 aromatic carbocycles. The van der Waals surface area contributed by atoms with Gasteiger partial charge in [-0.1, -0.05) is 23.7 Å². The lowest BCUT2D eigenvalue weighted by Crippen LogP contribution is -2.37. The first-order valence-electron chi connectivity index (χ1n) is 4.19. The van der Waals surface area contributed by atoms with Crippen molar-refractivity contribution < 1.29 is 14.8 Å². The molecule has 0 spiro atoms. The van der Waals surface area contributed by atoms with Crippen molar-refractivity contribution in [2.75, 3.05) is 5.32 Å². The standard InChI is InChI=1S/C9H8Cl2N2O3/c10-5-3-1-2-4-6(5)12-8(14)7(11)9(15)13-16/h1-4,7,16H,(H,12,14)(H,13,15). The minimum absolute atomic E-state index is 0.323. The number of amides is 2. The number of carbonyl (C=O) groups is 2. The van der Waals surface area contributed by atoms with Crippen LogP contribution in [0.4, 0.5) is 5.69 Å². The van der Waals surface area contributed by atoms with Gasteiger partial charge in [-0.05, 0) is 12.1 Å². The van der Waals surface area contributed by atoms with Crippen molar-refractivity contribution in [2.24, 2.45) is 0 Å². The van der Waals surface area contributed by atoms with Crippen LogP contribution in [0.2, 0.25) is 5.02 Å². The molecule has 1 rings (SSSR count). The molecule has 0 heterocycles. The normalized spacial score (nSPS) is 11.7. The Labute approximate surface area is 101 Å². The van der Waals surface area contributed by atoms with E-state index < -0.39 is 17.2 Å². The van der Waals surface area contributed by atoms with Crippen molar-refractivity contribution in [3.8, 4) is 0 Å². The summed E-state index contributed by atoms with van der Waals surface area (Å²) < 4.78 is 0. The fourth-order valence-electron chi connectivity index (χ4n) is 0.934. The van der Waals surface area contributed by atoms with Gasteiger partial charge in [0.15, 0.2) is 5.38 Å². The van der Waals surface area contributed by atoms with E-state index in [1.807, 2.05) is 0 Å². The molecule has 0 radical (unpaired) electrons. The zero-order chi connectivity index (χ0) is 12.1. The number of nitrogens with one attached hydrogen (secondary N) is 2. The molecule has 0 aliphatic heterocycles. The van der Waals surface area contributed by atoms with Crippen LogP contribution in [0.25, 0.3) is 0 Å². The summed E-state index contributed by atoms with van der Waals surface area (Å²) in [5.41, 5.74) is 1.62. The van der Waals surface area contributed by atoms with Crippen molar-refractivity contribution in [3.05, 3.63) is 29.3 Å². The molecule has 16 heavy (non-hydrogen) atoms. The number of carbonyl (C=O) groups excluding carboxylic acids is 2. The molecule has 7 heteroatoms. The van der Waals surface area contributed by atoms with E-state index in [-0.39, 0.29) is 0 Å². The Morgan fingerprint density at radius 3 is 2.44 bits per heavy atom. The number of benzene rings is 1. The summed E-state index contributed by atoms with van der Waals surface area (Å²) in [5.74, 6) is -1.78. The second-order valence-corrected chi connectivity index (χ2v) is 3.65. The van der Waals surface area contributed by atoms with Gasteiger partial charge in [-0.2, -0.15) is 0 Å². The second kappa shape index (κ2) is 5.69. The smallest absolute Gasteiger partial charge is 0.271 e. The number of hydrogen-bond acceptors (Lipinski definition) is 3. The SMILES string of the molecule is O=C(NO)C(Cl)C(=O)Nc1ccccc1Cl. The molecule has 5 nitrogen and oxygen atoms in total. The van der Waals surface area contributed by atoms with Gasteiger partial charge < -0.3 is 5.32 Å². The highest BCUT2D eigenvalue weighted by Gasteiger charge is 2.23. The Hall–Kier alpha value is -1.30. The molecule has 3 N–H and O–H groups in total. The first-order chi connectivity index (χ1) is 7.56. The quantitative estimate of drug-likeness (QED) is 0.334. The third kappa shape index (κ3) is 3.10. The summed E-state index contributed by atoms with van der Waals surface area (Å²) in [6.45, 7) is 0. The fraction of sp³-hybridized carbons (Fsp3) is 0.111. The van der Waals surface area contributed by atoms with Crippen LogP contribution in [-0.2, 0) is 9.59 Å². The van der Waals surface area contributed by atoms with E-state index >= 15 is 0 Å². The summed E-state index contributed by atoms with van der Waals surface area (Å²) in [6, 6.07) is 6.49. The van der Waals surface area contributed by atoms with Gasteiger partial charge >= 0.3 is 0 Å². The second-order valence-electron chi connectivity index (χ2n) is 2.81. The molecule has 0 saturated carbocycles. The zero-order valence-electron chi connectivity index (χ0n) is 7.91. The molecular weight excluding hydrogens is 255 g/mol. The number of hydroxylamine groups is 1.